The SMILES string of the molecule is CCC(=O)O[C@H]1C(=O)[C@@]2(C)C([C@H](OC(=O)c3cccc(N=[N+]=[N-])c3)[C@]3(O)C[C@H](OC(=O)[C@H](O)C(C=C(C)C)NC(=O)OC(C)(C)C)C(C)=C1C3(C)C)[C@]1(OC(C)=O)CO[C@@H]1C[C@@H]2O. The zero-order valence-electron chi connectivity index (χ0n) is 37.4. The number of aliphatic hydroxyl groups excluding tert-OH is 2. The summed E-state index contributed by atoms with van der Waals surface area (Å²) in [6, 6.07) is 4.06. The number of amides is 1. The van der Waals surface area contributed by atoms with Crippen LogP contribution in [0.15, 0.2) is 52.2 Å². The van der Waals surface area contributed by atoms with E-state index in [4.69, 9.17) is 34.0 Å². The van der Waals surface area contributed by atoms with Gasteiger partial charge in [-0.3, -0.25) is 14.4 Å². The van der Waals surface area contributed by atoms with E-state index in [1.807, 2.05) is 0 Å². The molecule has 2 saturated carbocycles. The van der Waals surface area contributed by atoms with Crippen LogP contribution in [0, 0.1) is 16.7 Å². The Balaban J connectivity index is 1.76. The number of alkyl carbamates (subject to hydrolysis) is 1. The van der Waals surface area contributed by atoms with E-state index >= 15 is 4.79 Å². The Hall–Kier alpha value is -5.33. The molecule has 4 aliphatic rings. The Morgan fingerprint density at radius 3 is 2.32 bits per heavy atom. The molecule has 344 valence electrons. The summed E-state index contributed by atoms with van der Waals surface area (Å²) in [6.07, 6.45) is -10.7. The molecule has 11 atom stereocenters. The van der Waals surface area contributed by atoms with Crippen LogP contribution in [0.25, 0.3) is 10.4 Å². The number of hydrogen-bond donors (Lipinski definition) is 4. The topological polar surface area (TPSA) is 279 Å². The van der Waals surface area contributed by atoms with Crippen LogP contribution in [0.4, 0.5) is 10.5 Å². The number of benzene rings is 1. The third-order valence-electron chi connectivity index (χ3n) is 12.7. The number of azide groups is 1. The first-order valence-corrected chi connectivity index (χ1v) is 20.7. The maximum Gasteiger partial charge on any atom is 0.408 e. The number of fused-ring (bicyclic) bond motifs is 5. The van der Waals surface area contributed by atoms with Gasteiger partial charge in [0.1, 0.15) is 29.5 Å². The molecule has 1 aliphatic heterocycles. The average molecular weight is 883 g/mol. The predicted octanol–water partition coefficient (Wildman–Crippen LogP) is 4.76. The molecule has 1 aromatic carbocycles. The highest BCUT2D eigenvalue weighted by Gasteiger charge is 2.78. The van der Waals surface area contributed by atoms with Crippen LogP contribution in [-0.2, 0) is 47.6 Å². The van der Waals surface area contributed by atoms with Crippen molar-refractivity contribution >= 4 is 41.4 Å². The number of ketones is 1. The van der Waals surface area contributed by atoms with Crippen molar-refractivity contribution < 1.29 is 72.5 Å². The maximum absolute atomic E-state index is 15.6. The van der Waals surface area contributed by atoms with Crippen molar-refractivity contribution in [3.63, 3.8) is 0 Å². The lowest BCUT2D eigenvalue weighted by molar-refractivity contribution is -0.346. The van der Waals surface area contributed by atoms with E-state index in [0.29, 0.717) is 5.57 Å². The number of hydrogen-bond acceptors (Lipinski definition) is 16. The second-order valence-corrected chi connectivity index (χ2v) is 18.6. The third-order valence-corrected chi connectivity index (χ3v) is 12.7. The lowest BCUT2D eigenvalue weighted by Gasteiger charge is -2.67. The zero-order chi connectivity index (χ0) is 47.2. The Bertz CT molecular complexity index is 2150. The molecule has 63 heavy (non-hydrogen) atoms. The molecular weight excluding hydrogens is 824 g/mol. The van der Waals surface area contributed by atoms with E-state index in [1.54, 1.807) is 34.6 Å². The van der Waals surface area contributed by atoms with E-state index in [-0.39, 0.29) is 41.8 Å². The number of nitrogens with one attached hydrogen (secondary N) is 1. The molecule has 19 heteroatoms. The molecule has 1 heterocycles. The average Bonchev–Trinajstić information content (AvgIpc) is 3.17. The lowest BCUT2D eigenvalue weighted by Crippen LogP contribution is -2.82. The van der Waals surface area contributed by atoms with Crippen molar-refractivity contribution in [1.29, 1.82) is 0 Å². The minimum absolute atomic E-state index is 0.0396. The fourth-order valence-electron chi connectivity index (χ4n) is 9.61. The lowest BCUT2D eigenvalue weighted by atomic mass is 9.44. The van der Waals surface area contributed by atoms with Crippen LogP contribution < -0.4 is 5.32 Å². The van der Waals surface area contributed by atoms with Crippen molar-refractivity contribution in [3.8, 4) is 0 Å². The number of rotatable bonds is 11. The third kappa shape index (κ3) is 8.94. The van der Waals surface area contributed by atoms with Crippen LogP contribution in [0.5, 0.6) is 0 Å². The highest BCUT2D eigenvalue weighted by atomic mass is 16.6. The molecule has 0 aromatic heterocycles. The fraction of sp³-hybridized carbons (Fsp3) is 0.636. The Kier molecular flexibility index (Phi) is 13.7. The smallest absolute Gasteiger partial charge is 0.408 e. The van der Waals surface area contributed by atoms with Gasteiger partial charge in [-0.05, 0) is 77.3 Å². The van der Waals surface area contributed by atoms with Crippen molar-refractivity contribution in [2.24, 2.45) is 21.9 Å². The van der Waals surface area contributed by atoms with E-state index < -0.39 is 118 Å². The van der Waals surface area contributed by atoms with Gasteiger partial charge in [0, 0.05) is 42.2 Å². The second kappa shape index (κ2) is 17.7. The second-order valence-electron chi connectivity index (χ2n) is 18.6. The summed E-state index contributed by atoms with van der Waals surface area (Å²) in [7, 11) is 0. The Labute approximate surface area is 365 Å². The summed E-state index contributed by atoms with van der Waals surface area (Å²) in [4.78, 5) is 86.1. The number of Topliss-reactive ketones (excluding diaryl/α,β-unsaturated/α-hetero) is 1. The minimum atomic E-state index is -2.47. The first-order chi connectivity index (χ1) is 29.2. The maximum atomic E-state index is 15.6. The van der Waals surface area contributed by atoms with Gasteiger partial charge in [0.15, 0.2) is 23.6 Å². The molecule has 19 nitrogen and oxygen atoms in total. The van der Waals surface area contributed by atoms with Crippen LogP contribution in [0.1, 0.15) is 106 Å². The highest BCUT2D eigenvalue weighted by molar-refractivity contribution is 5.96. The largest absolute Gasteiger partial charge is 0.456 e. The highest BCUT2D eigenvalue weighted by Crippen LogP contribution is 2.64. The predicted molar refractivity (Wildman–Crippen MR) is 221 cm³/mol. The fourth-order valence-corrected chi connectivity index (χ4v) is 9.61. The van der Waals surface area contributed by atoms with Crippen LogP contribution in [0.2, 0.25) is 0 Å². The Morgan fingerprint density at radius 1 is 1.10 bits per heavy atom. The van der Waals surface area contributed by atoms with Crippen molar-refractivity contribution in [2.75, 3.05) is 6.61 Å². The van der Waals surface area contributed by atoms with Crippen molar-refractivity contribution in [2.45, 2.75) is 155 Å². The van der Waals surface area contributed by atoms with Gasteiger partial charge in [-0.25, -0.2) is 14.4 Å². The summed E-state index contributed by atoms with van der Waals surface area (Å²) in [6.45, 7) is 16.4. The number of esters is 4. The zero-order valence-corrected chi connectivity index (χ0v) is 37.4. The molecular formula is C44H58N4O15. The van der Waals surface area contributed by atoms with Gasteiger partial charge in [0.05, 0.1) is 35.6 Å². The van der Waals surface area contributed by atoms with Crippen LogP contribution >= 0.6 is 0 Å². The summed E-state index contributed by atoms with van der Waals surface area (Å²) in [5.41, 5.74) is 0.570. The van der Waals surface area contributed by atoms with Crippen molar-refractivity contribution in [3.05, 3.63) is 63.1 Å². The van der Waals surface area contributed by atoms with Gasteiger partial charge >= 0.3 is 30.0 Å². The number of ether oxygens (including phenoxy) is 6. The number of aliphatic hydroxyl groups is 3. The molecule has 0 spiro atoms. The summed E-state index contributed by atoms with van der Waals surface area (Å²) in [5.74, 6) is -6.57. The Morgan fingerprint density at radius 2 is 1.76 bits per heavy atom. The van der Waals surface area contributed by atoms with E-state index in [9.17, 15) is 39.3 Å². The molecule has 2 bridgehead atoms. The van der Waals surface area contributed by atoms with Crippen LogP contribution in [0.3, 0.4) is 0 Å². The van der Waals surface area contributed by atoms with E-state index in [1.165, 1.54) is 65.0 Å². The molecule has 0 radical (unpaired) electrons. The monoisotopic (exact) mass is 882 g/mol. The van der Waals surface area contributed by atoms with Gasteiger partial charge in [-0.1, -0.05) is 49.7 Å². The number of nitrogens with zero attached hydrogens (tertiary/aromatic N) is 3. The van der Waals surface area contributed by atoms with E-state index in [0.717, 1.165) is 6.92 Å². The number of carbonyl (C=O) groups excluding carboxylic acids is 6. The first-order valence-electron chi connectivity index (χ1n) is 20.7. The standard InChI is InChI=1S/C44H58N4O15/c1-12-30(51)60-33-31-22(4)27(59-38(55)32(52)26(16-21(2)3)46-39(56)63-40(6,7)8)19-44(57,41(31,9)10)36(61-37(54)24-14-13-15-25(17-24)47-48-45)34-42(11,35(33)53)28(50)18-29-43(34,20-58-29)62-23(5)49/h13-17,26-29,32-34,36,50,52,57H,12,18-20H2,1-11H3,(H,46,56)/t26?,27-,28-,29+,32+,33+,34?,36-,42+,43-,44+/m0/s1. The molecule has 1 saturated heterocycles. The number of allylic oxidation sites excluding steroid dienone is 1. The normalized spacial score (nSPS) is 31.6. The van der Waals surface area contributed by atoms with Gasteiger partial charge in [0.2, 0.25) is 0 Å². The van der Waals surface area contributed by atoms with Crippen molar-refractivity contribution in [1.82, 2.24) is 5.32 Å². The van der Waals surface area contributed by atoms with Gasteiger partial charge < -0.3 is 49.1 Å². The van der Waals surface area contributed by atoms with E-state index in [2.05, 4.69) is 15.3 Å². The summed E-state index contributed by atoms with van der Waals surface area (Å²) < 4.78 is 35.6. The summed E-state index contributed by atoms with van der Waals surface area (Å²) in [5, 5.41) is 43.3. The van der Waals surface area contributed by atoms with Gasteiger partial charge in [-0.2, -0.15) is 0 Å². The molecule has 5 rings (SSSR count). The van der Waals surface area contributed by atoms with Crippen LogP contribution in [-0.4, -0.2) is 117 Å². The first kappa shape index (κ1) is 48.7. The molecule has 2 unspecified atom stereocenters. The number of carbonyl (C=O) groups is 6. The molecule has 1 amide bonds. The van der Waals surface area contributed by atoms with Gasteiger partial charge in [0.25, 0.3) is 0 Å². The van der Waals surface area contributed by atoms with Gasteiger partial charge in [-0.15, -0.1) is 0 Å². The minimum Gasteiger partial charge on any atom is -0.456 e. The quantitative estimate of drug-likeness (QED) is 0.0583. The molecule has 1 aromatic rings. The molecule has 4 N–H and O–H groups in total. The molecule has 3 aliphatic carbocycles. The molecule has 3 fully saturated rings. The summed E-state index contributed by atoms with van der Waals surface area (Å²) >= 11 is 0.